The number of benzene rings is 3. The lowest BCUT2D eigenvalue weighted by Crippen LogP contribution is -2.58. The summed E-state index contributed by atoms with van der Waals surface area (Å²) in [4.78, 5) is 27.3. The van der Waals surface area contributed by atoms with E-state index in [0.717, 1.165) is 47.7 Å². The van der Waals surface area contributed by atoms with Crippen molar-refractivity contribution in [2.75, 3.05) is 18.4 Å². The van der Waals surface area contributed by atoms with Gasteiger partial charge in [-0.25, -0.2) is 0 Å². The molecule has 3 aromatic rings. The van der Waals surface area contributed by atoms with Crippen molar-refractivity contribution in [1.82, 2.24) is 4.90 Å². The van der Waals surface area contributed by atoms with Gasteiger partial charge in [-0.2, -0.15) is 0 Å². The van der Waals surface area contributed by atoms with Crippen LogP contribution in [0, 0.1) is 11.8 Å². The molecule has 5 heteroatoms. The van der Waals surface area contributed by atoms with E-state index in [4.69, 9.17) is 5.73 Å². The number of hydrogen-bond acceptors (Lipinski definition) is 3. The van der Waals surface area contributed by atoms with E-state index >= 15 is 0 Å². The van der Waals surface area contributed by atoms with E-state index in [0.29, 0.717) is 17.5 Å². The van der Waals surface area contributed by atoms with Crippen molar-refractivity contribution in [2.45, 2.75) is 51.0 Å². The molecule has 1 heterocycles. The second-order valence-electron chi connectivity index (χ2n) is 11.5. The monoisotopic (exact) mass is 493 g/mol. The number of carbonyl (C=O) groups excluding carboxylic acids is 2. The van der Waals surface area contributed by atoms with Gasteiger partial charge in [0, 0.05) is 29.4 Å². The Bertz CT molecular complexity index is 1340. The molecule has 37 heavy (non-hydrogen) atoms. The first-order valence-corrected chi connectivity index (χ1v) is 13.5. The van der Waals surface area contributed by atoms with E-state index in [-0.39, 0.29) is 11.3 Å². The second kappa shape index (κ2) is 9.14. The summed E-state index contributed by atoms with van der Waals surface area (Å²) in [7, 11) is 0. The molecule has 3 aliphatic rings. The third-order valence-corrected chi connectivity index (χ3v) is 9.22. The Balaban J connectivity index is 1.18. The first kappa shape index (κ1) is 23.9. The maximum absolute atomic E-state index is 13.2. The number of nitrogens with zero attached hydrogens (tertiary/aromatic N) is 1. The standard InChI is InChI=1S/C32H35N3O2/c1-20-29-18-25-9-10-26(17-28(25)32(20,2)15-16-35(29)19-21-3-4-21)31(37)34-27-13-11-23(12-14-27)22-5-7-24(8-6-22)30(33)36/h5-14,17,20-21,29H,3-4,15-16,18-19H2,1-2H3,(H2,33,36)(H,34,37)/t20-,29?,32-/m0/s1. The Labute approximate surface area is 219 Å². The Hall–Kier alpha value is -3.44. The molecule has 2 bridgehead atoms. The van der Waals surface area contributed by atoms with Crippen LogP contribution in [-0.4, -0.2) is 35.8 Å². The molecular weight excluding hydrogens is 458 g/mol. The molecule has 3 N–H and O–H groups in total. The zero-order chi connectivity index (χ0) is 25.7. The quantitative estimate of drug-likeness (QED) is 0.467. The minimum atomic E-state index is -0.436. The zero-order valence-electron chi connectivity index (χ0n) is 21.7. The number of anilines is 1. The van der Waals surface area contributed by atoms with E-state index in [1.54, 1.807) is 12.1 Å². The van der Waals surface area contributed by atoms with E-state index < -0.39 is 5.91 Å². The molecule has 2 amide bonds. The largest absolute Gasteiger partial charge is 0.366 e. The Kier molecular flexibility index (Phi) is 5.91. The van der Waals surface area contributed by atoms with Crippen LogP contribution in [0.2, 0.25) is 0 Å². The topological polar surface area (TPSA) is 75.4 Å². The maximum Gasteiger partial charge on any atom is 0.255 e. The first-order valence-electron chi connectivity index (χ1n) is 13.5. The highest BCUT2D eigenvalue weighted by Crippen LogP contribution is 2.49. The molecule has 1 saturated carbocycles. The molecule has 0 radical (unpaired) electrons. The van der Waals surface area contributed by atoms with Crippen LogP contribution in [0.25, 0.3) is 11.1 Å². The van der Waals surface area contributed by atoms with Crippen molar-refractivity contribution in [3.63, 3.8) is 0 Å². The third kappa shape index (κ3) is 4.46. The second-order valence-corrected chi connectivity index (χ2v) is 11.5. The smallest absolute Gasteiger partial charge is 0.255 e. The van der Waals surface area contributed by atoms with E-state index in [1.807, 2.05) is 42.5 Å². The summed E-state index contributed by atoms with van der Waals surface area (Å²) >= 11 is 0. The lowest BCUT2D eigenvalue weighted by atomic mass is 9.59. The van der Waals surface area contributed by atoms with Crippen molar-refractivity contribution in [3.8, 4) is 11.1 Å². The molecule has 5 nitrogen and oxygen atoms in total. The number of fused-ring (bicyclic) bond motifs is 4. The number of nitrogens with two attached hydrogens (primary N) is 1. The summed E-state index contributed by atoms with van der Waals surface area (Å²) in [5.74, 6) is 0.982. The number of rotatable bonds is 6. The van der Waals surface area contributed by atoms with Gasteiger partial charge < -0.3 is 11.1 Å². The lowest BCUT2D eigenvalue weighted by Gasteiger charge is -2.55. The minimum Gasteiger partial charge on any atom is -0.366 e. The average Bonchev–Trinajstić information content (AvgIpc) is 3.72. The summed E-state index contributed by atoms with van der Waals surface area (Å²) < 4.78 is 0. The Morgan fingerprint density at radius 2 is 1.62 bits per heavy atom. The highest BCUT2D eigenvalue weighted by atomic mass is 16.2. The van der Waals surface area contributed by atoms with Crippen LogP contribution in [0.3, 0.4) is 0 Å². The van der Waals surface area contributed by atoms with Crippen molar-refractivity contribution in [3.05, 3.63) is 89.0 Å². The van der Waals surface area contributed by atoms with Gasteiger partial charge >= 0.3 is 0 Å². The number of amides is 2. The normalized spacial score (nSPS) is 24.8. The SMILES string of the molecule is C[C@H]1C2Cc3ccc(C(=O)Nc4ccc(-c5ccc(C(N)=O)cc5)cc4)cc3[C@@]1(C)CCN2CC1CC1. The summed E-state index contributed by atoms with van der Waals surface area (Å²) in [6, 6.07) is 21.9. The van der Waals surface area contributed by atoms with Crippen LogP contribution < -0.4 is 11.1 Å². The number of carbonyl (C=O) groups is 2. The van der Waals surface area contributed by atoms with Gasteiger partial charge in [0.05, 0.1) is 0 Å². The van der Waals surface area contributed by atoms with Crippen LogP contribution in [-0.2, 0) is 11.8 Å². The summed E-state index contributed by atoms with van der Waals surface area (Å²) in [6.07, 6.45) is 5.04. The van der Waals surface area contributed by atoms with Gasteiger partial charge in [0.1, 0.15) is 0 Å². The van der Waals surface area contributed by atoms with Crippen LogP contribution >= 0.6 is 0 Å². The molecule has 0 aromatic heterocycles. The Morgan fingerprint density at radius 3 is 2.27 bits per heavy atom. The van der Waals surface area contributed by atoms with E-state index in [2.05, 4.69) is 36.2 Å². The molecule has 2 aliphatic carbocycles. The van der Waals surface area contributed by atoms with E-state index in [1.165, 1.54) is 30.5 Å². The maximum atomic E-state index is 13.2. The highest BCUT2D eigenvalue weighted by Gasteiger charge is 2.49. The fourth-order valence-corrected chi connectivity index (χ4v) is 6.48. The van der Waals surface area contributed by atoms with Crippen LogP contribution in [0.4, 0.5) is 5.69 Å². The fourth-order valence-electron chi connectivity index (χ4n) is 6.48. The minimum absolute atomic E-state index is 0.0779. The van der Waals surface area contributed by atoms with Crippen molar-refractivity contribution in [1.29, 1.82) is 0 Å². The lowest BCUT2D eigenvalue weighted by molar-refractivity contribution is 0.0284. The van der Waals surface area contributed by atoms with Gasteiger partial charge in [-0.3, -0.25) is 14.5 Å². The summed E-state index contributed by atoms with van der Waals surface area (Å²) in [5, 5.41) is 3.07. The van der Waals surface area contributed by atoms with Gasteiger partial charge in [0.15, 0.2) is 0 Å². The molecule has 1 saturated heterocycles. The molecule has 3 atom stereocenters. The summed E-state index contributed by atoms with van der Waals surface area (Å²) in [6.45, 7) is 7.25. The van der Waals surface area contributed by atoms with Crippen molar-refractivity contribution >= 4 is 17.5 Å². The van der Waals surface area contributed by atoms with Crippen LogP contribution in [0.5, 0.6) is 0 Å². The molecule has 190 valence electrons. The molecule has 1 unspecified atom stereocenters. The van der Waals surface area contributed by atoms with Gasteiger partial charge in [-0.1, -0.05) is 44.2 Å². The van der Waals surface area contributed by atoms with Gasteiger partial charge in [0.25, 0.3) is 5.91 Å². The molecule has 3 aromatic carbocycles. The van der Waals surface area contributed by atoms with Crippen molar-refractivity contribution < 1.29 is 9.59 Å². The zero-order valence-corrected chi connectivity index (χ0v) is 21.7. The first-order chi connectivity index (χ1) is 17.8. The number of nitrogens with one attached hydrogen (secondary N) is 1. The highest BCUT2D eigenvalue weighted by molar-refractivity contribution is 6.04. The predicted octanol–water partition coefficient (Wildman–Crippen LogP) is 5.64. The average molecular weight is 494 g/mol. The number of primary amides is 1. The van der Waals surface area contributed by atoms with Crippen molar-refractivity contribution in [2.24, 2.45) is 17.6 Å². The number of likely N-dealkylation sites (tertiary alicyclic amines) is 1. The molecule has 2 fully saturated rings. The predicted molar refractivity (Wildman–Crippen MR) is 148 cm³/mol. The van der Waals surface area contributed by atoms with Crippen LogP contribution in [0.15, 0.2) is 66.7 Å². The third-order valence-electron chi connectivity index (χ3n) is 9.22. The molecule has 1 aliphatic heterocycles. The number of piperidine rings is 1. The van der Waals surface area contributed by atoms with Gasteiger partial charge in [-0.05, 0) is 108 Å². The van der Waals surface area contributed by atoms with Gasteiger partial charge in [-0.15, -0.1) is 0 Å². The molecule has 0 spiro atoms. The molecular formula is C32H35N3O2. The fraction of sp³-hybridized carbons (Fsp3) is 0.375. The van der Waals surface area contributed by atoms with E-state index in [9.17, 15) is 9.59 Å². The molecule has 6 rings (SSSR count). The van der Waals surface area contributed by atoms with Gasteiger partial charge in [0.2, 0.25) is 5.91 Å². The van der Waals surface area contributed by atoms with Crippen LogP contribution in [0.1, 0.15) is 65.0 Å². The summed E-state index contributed by atoms with van der Waals surface area (Å²) in [5.41, 5.74) is 12.2. The Morgan fingerprint density at radius 1 is 0.973 bits per heavy atom. The number of hydrogen-bond donors (Lipinski definition) is 2.